The summed E-state index contributed by atoms with van der Waals surface area (Å²) in [5, 5.41) is 16.8. The molecule has 2 aromatic heterocycles. The third-order valence-electron chi connectivity index (χ3n) is 2.48. The predicted molar refractivity (Wildman–Crippen MR) is 75.9 cm³/mol. The van der Waals surface area contributed by atoms with Gasteiger partial charge >= 0.3 is 11.4 Å². The van der Waals surface area contributed by atoms with E-state index >= 15 is 0 Å². The Balaban J connectivity index is 2.27. The van der Waals surface area contributed by atoms with Gasteiger partial charge in [0.2, 0.25) is 11.9 Å². The molecule has 0 atom stereocenters. The first kappa shape index (κ1) is 15.1. The Morgan fingerprint density at radius 3 is 2.77 bits per heavy atom. The van der Waals surface area contributed by atoms with Crippen molar-refractivity contribution in [1.29, 1.82) is 0 Å². The summed E-state index contributed by atoms with van der Waals surface area (Å²) < 4.78 is 6.14. The summed E-state index contributed by atoms with van der Waals surface area (Å²) in [5.74, 6) is -0.570. The van der Waals surface area contributed by atoms with E-state index in [2.05, 4.69) is 15.4 Å². The number of amides is 1. The number of furan rings is 1. The van der Waals surface area contributed by atoms with Crippen molar-refractivity contribution in [3.05, 3.63) is 44.1 Å². The number of rotatable bonds is 4. The molecular formula is C12H11N5O5. The van der Waals surface area contributed by atoms with Crippen LogP contribution in [0.3, 0.4) is 0 Å². The van der Waals surface area contributed by atoms with E-state index in [-0.39, 0.29) is 23.3 Å². The van der Waals surface area contributed by atoms with Gasteiger partial charge in [-0.05, 0) is 18.2 Å². The Kier molecular flexibility index (Phi) is 4.11. The van der Waals surface area contributed by atoms with Crippen LogP contribution in [0, 0.1) is 10.1 Å². The molecule has 0 fully saturated rings. The van der Waals surface area contributed by atoms with E-state index in [0.717, 1.165) is 0 Å². The lowest BCUT2D eigenvalue weighted by atomic mass is 10.3. The number of carbonyl (C=O) groups excluding carboxylic acids is 1. The number of aryl methyl sites for hydroxylation is 1. The van der Waals surface area contributed by atoms with Crippen LogP contribution in [0.2, 0.25) is 0 Å². The van der Waals surface area contributed by atoms with E-state index < -0.39 is 16.4 Å². The topological polar surface area (TPSA) is 133 Å². The fourth-order valence-electron chi connectivity index (χ4n) is 1.54. The number of nitrogens with zero attached hydrogens (tertiary/aromatic N) is 4. The van der Waals surface area contributed by atoms with Crippen LogP contribution in [0.15, 0.2) is 21.3 Å². The maximum absolute atomic E-state index is 11.8. The molecule has 0 aliphatic carbocycles. The van der Waals surface area contributed by atoms with Crippen LogP contribution < -0.4 is 10.9 Å². The molecule has 1 amide bonds. The molecule has 114 valence electrons. The van der Waals surface area contributed by atoms with Gasteiger partial charge in [0.25, 0.3) is 0 Å². The summed E-state index contributed by atoms with van der Waals surface area (Å²) in [6.45, 7) is 1.28. The molecule has 1 N–H and O–H groups in total. The summed E-state index contributed by atoms with van der Waals surface area (Å²) in [7, 11) is 1.51. The van der Waals surface area contributed by atoms with Crippen molar-refractivity contribution in [3.63, 3.8) is 0 Å². The van der Waals surface area contributed by atoms with E-state index in [4.69, 9.17) is 4.42 Å². The Hall–Kier alpha value is -3.30. The van der Waals surface area contributed by atoms with Gasteiger partial charge in [-0.3, -0.25) is 25.0 Å². The minimum absolute atomic E-state index is 0.00402. The number of aromatic nitrogens is 3. The molecule has 0 aliphatic rings. The van der Waals surface area contributed by atoms with E-state index in [0.29, 0.717) is 0 Å². The summed E-state index contributed by atoms with van der Waals surface area (Å²) in [5.41, 5.74) is -0.658. The standard InChI is InChI=1S/C12H11N5O5/c1-7(18)13-12-14-11(19)9(15-16(12)2)5-3-8-4-6-10(22-8)17(20)21/h3-6H,1-2H3,(H,13,14,18,19)/b5-3+. The van der Waals surface area contributed by atoms with Gasteiger partial charge in [0, 0.05) is 14.0 Å². The molecule has 22 heavy (non-hydrogen) atoms. The van der Waals surface area contributed by atoms with Crippen molar-refractivity contribution < 1.29 is 14.1 Å². The third-order valence-corrected chi connectivity index (χ3v) is 2.48. The van der Waals surface area contributed by atoms with Gasteiger partial charge in [-0.2, -0.15) is 10.1 Å². The highest BCUT2D eigenvalue weighted by Gasteiger charge is 2.11. The van der Waals surface area contributed by atoms with E-state index in [1.165, 1.54) is 42.9 Å². The van der Waals surface area contributed by atoms with Crippen LogP contribution in [0.5, 0.6) is 0 Å². The molecule has 10 heteroatoms. The number of carbonyl (C=O) groups is 1. The van der Waals surface area contributed by atoms with Gasteiger partial charge in [-0.25, -0.2) is 4.68 Å². The average molecular weight is 305 g/mol. The summed E-state index contributed by atoms with van der Waals surface area (Å²) in [6.07, 6.45) is 2.67. The lowest BCUT2D eigenvalue weighted by Gasteiger charge is -2.06. The van der Waals surface area contributed by atoms with Gasteiger partial charge in [0.1, 0.15) is 10.7 Å². The van der Waals surface area contributed by atoms with Gasteiger partial charge in [0.15, 0.2) is 5.69 Å². The second kappa shape index (κ2) is 5.99. The average Bonchev–Trinajstić information content (AvgIpc) is 2.89. The van der Waals surface area contributed by atoms with Gasteiger partial charge in [-0.15, -0.1) is 0 Å². The smallest absolute Gasteiger partial charge is 0.401 e. The first-order chi connectivity index (χ1) is 10.4. The van der Waals surface area contributed by atoms with E-state index in [9.17, 15) is 19.7 Å². The number of hydrogen-bond acceptors (Lipinski definition) is 7. The van der Waals surface area contributed by atoms with Crippen molar-refractivity contribution in [1.82, 2.24) is 14.8 Å². The van der Waals surface area contributed by atoms with Crippen LogP contribution in [0.25, 0.3) is 12.2 Å². The highest BCUT2D eigenvalue weighted by Crippen LogP contribution is 2.17. The zero-order valence-corrected chi connectivity index (χ0v) is 11.6. The quantitative estimate of drug-likeness (QED) is 0.652. The highest BCUT2D eigenvalue weighted by atomic mass is 16.6. The van der Waals surface area contributed by atoms with Crippen molar-refractivity contribution in [2.75, 3.05) is 5.32 Å². The van der Waals surface area contributed by atoms with Crippen molar-refractivity contribution in [2.45, 2.75) is 6.92 Å². The Morgan fingerprint density at radius 2 is 2.18 bits per heavy atom. The largest absolute Gasteiger partial charge is 0.433 e. The monoisotopic (exact) mass is 305 g/mol. The van der Waals surface area contributed by atoms with Crippen molar-refractivity contribution >= 4 is 29.9 Å². The van der Waals surface area contributed by atoms with Crippen LogP contribution in [-0.2, 0) is 11.8 Å². The fourth-order valence-corrected chi connectivity index (χ4v) is 1.54. The maximum Gasteiger partial charge on any atom is 0.433 e. The molecule has 2 heterocycles. The van der Waals surface area contributed by atoms with Crippen LogP contribution in [-0.4, -0.2) is 25.6 Å². The molecule has 0 bridgehead atoms. The lowest BCUT2D eigenvalue weighted by Crippen LogP contribution is -2.23. The predicted octanol–water partition coefficient (Wildman–Crippen LogP) is 0.805. The third kappa shape index (κ3) is 3.42. The van der Waals surface area contributed by atoms with E-state index in [1.54, 1.807) is 0 Å². The summed E-state index contributed by atoms with van der Waals surface area (Å²) in [6, 6.07) is 2.58. The molecule has 0 radical (unpaired) electrons. The second-order valence-electron chi connectivity index (χ2n) is 4.20. The molecule has 2 rings (SSSR count). The SMILES string of the molecule is CC(=O)Nc1nc(=O)c(/C=C/c2ccc([N+](=O)[O-])o2)nn1C. The summed E-state index contributed by atoms with van der Waals surface area (Å²) in [4.78, 5) is 36.2. The fraction of sp³-hybridized carbons (Fsp3) is 0.167. The Bertz CT molecular complexity index is 820. The van der Waals surface area contributed by atoms with E-state index in [1.807, 2.05) is 0 Å². The van der Waals surface area contributed by atoms with Crippen LogP contribution in [0.4, 0.5) is 11.8 Å². The number of hydrogen-bond donors (Lipinski definition) is 1. The first-order valence-corrected chi connectivity index (χ1v) is 6.02. The molecule has 0 saturated heterocycles. The molecule has 0 aliphatic heterocycles. The second-order valence-corrected chi connectivity index (χ2v) is 4.20. The lowest BCUT2D eigenvalue weighted by molar-refractivity contribution is -0.402. The number of nitro groups is 1. The Labute approximate surface area is 123 Å². The minimum Gasteiger partial charge on any atom is -0.401 e. The molecule has 0 saturated carbocycles. The maximum atomic E-state index is 11.8. The highest BCUT2D eigenvalue weighted by molar-refractivity contribution is 5.86. The first-order valence-electron chi connectivity index (χ1n) is 6.02. The van der Waals surface area contributed by atoms with Crippen molar-refractivity contribution in [2.24, 2.45) is 7.05 Å². The normalized spacial score (nSPS) is 10.8. The molecule has 2 aromatic rings. The summed E-state index contributed by atoms with van der Waals surface area (Å²) >= 11 is 0. The van der Waals surface area contributed by atoms with Gasteiger partial charge in [0.05, 0.1) is 6.07 Å². The zero-order valence-electron chi connectivity index (χ0n) is 11.6. The molecular weight excluding hydrogens is 294 g/mol. The molecule has 10 nitrogen and oxygen atoms in total. The van der Waals surface area contributed by atoms with Gasteiger partial charge in [-0.1, -0.05) is 0 Å². The zero-order chi connectivity index (χ0) is 16.3. The molecule has 0 spiro atoms. The molecule has 0 aromatic carbocycles. The molecule has 0 unspecified atom stereocenters. The number of nitrogens with one attached hydrogen (secondary N) is 1. The minimum atomic E-state index is -0.668. The van der Waals surface area contributed by atoms with Crippen LogP contribution >= 0.6 is 0 Å². The Morgan fingerprint density at radius 1 is 1.45 bits per heavy atom. The number of anilines is 1. The van der Waals surface area contributed by atoms with Crippen LogP contribution in [0.1, 0.15) is 18.4 Å². The van der Waals surface area contributed by atoms with Crippen molar-refractivity contribution in [3.8, 4) is 0 Å². The van der Waals surface area contributed by atoms with Gasteiger partial charge < -0.3 is 4.42 Å².